The van der Waals surface area contributed by atoms with E-state index in [9.17, 15) is 13.2 Å². The number of aromatic nitrogens is 1. The van der Waals surface area contributed by atoms with Gasteiger partial charge in [0.2, 0.25) is 10.0 Å². The molecule has 0 radical (unpaired) electrons. The van der Waals surface area contributed by atoms with Crippen molar-refractivity contribution in [1.29, 1.82) is 0 Å². The largest absolute Gasteiger partial charge is 0.294 e. The van der Waals surface area contributed by atoms with Crippen LogP contribution in [0.3, 0.4) is 0 Å². The van der Waals surface area contributed by atoms with E-state index in [0.717, 1.165) is 11.1 Å². The third kappa shape index (κ3) is 5.09. The molecule has 2 aromatic carbocycles. The Morgan fingerprint density at radius 1 is 0.889 bits per heavy atom. The van der Waals surface area contributed by atoms with Gasteiger partial charge in [0.15, 0.2) is 5.78 Å². The van der Waals surface area contributed by atoms with E-state index < -0.39 is 10.0 Å². The van der Waals surface area contributed by atoms with E-state index in [1.165, 1.54) is 12.1 Å². The van der Waals surface area contributed by atoms with Gasteiger partial charge in [-0.2, -0.15) is 0 Å². The minimum absolute atomic E-state index is 0.0563. The van der Waals surface area contributed by atoms with Crippen LogP contribution in [0.25, 0.3) is 11.1 Å². The average molecular weight is 380 g/mol. The summed E-state index contributed by atoms with van der Waals surface area (Å²) in [5.41, 5.74) is 2.41. The molecule has 0 saturated carbocycles. The number of carbonyl (C=O) groups excluding carboxylic acids is 1. The van der Waals surface area contributed by atoms with E-state index in [1.807, 2.05) is 36.4 Å². The quantitative estimate of drug-likeness (QED) is 0.478. The number of nitrogens with one attached hydrogen (secondary N) is 1. The molecule has 1 aromatic heterocycles. The number of nitrogens with zero attached hydrogens (tertiary/aromatic N) is 1. The van der Waals surface area contributed by atoms with Crippen LogP contribution in [-0.2, 0) is 10.0 Å². The molecule has 0 bridgehead atoms. The SMILES string of the molecule is O=C(CCCNS(=O)(=O)c1ccccc1)c1cncc(-c2ccccc2)c1. The highest BCUT2D eigenvalue weighted by atomic mass is 32.2. The molecule has 138 valence electrons. The summed E-state index contributed by atoms with van der Waals surface area (Å²) in [7, 11) is -3.54. The summed E-state index contributed by atoms with van der Waals surface area (Å²) in [6, 6.07) is 19.7. The van der Waals surface area contributed by atoms with Gasteiger partial charge >= 0.3 is 0 Å². The van der Waals surface area contributed by atoms with Gasteiger partial charge in [-0.25, -0.2) is 13.1 Å². The molecule has 0 spiro atoms. The summed E-state index contributed by atoms with van der Waals surface area (Å²) >= 11 is 0. The highest BCUT2D eigenvalue weighted by molar-refractivity contribution is 7.89. The average Bonchev–Trinajstić information content (AvgIpc) is 2.72. The smallest absolute Gasteiger partial charge is 0.240 e. The zero-order chi connectivity index (χ0) is 19.1. The van der Waals surface area contributed by atoms with Crippen molar-refractivity contribution in [2.75, 3.05) is 6.54 Å². The molecule has 0 unspecified atom stereocenters. The molecule has 1 heterocycles. The van der Waals surface area contributed by atoms with Gasteiger partial charge in [0, 0.05) is 36.5 Å². The van der Waals surface area contributed by atoms with Crippen molar-refractivity contribution in [1.82, 2.24) is 9.71 Å². The third-order valence-corrected chi connectivity index (χ3v) is 5.57. The van der Waals surface area contributed by atoms with Crippen molar-refractivity contribution in [2.45, 2.75) is 17.7 Å². The van der Waals surface area contributed by atoms with Crippen LogP contribution in [0.4, 0.5) is 0 Å². The molecule has 6 heteroatoms. The molecule has 3 rings (SSSR count). The summed E-state index contributed by atoms with van der Waals surface area (Å²) in [6.45, 7) is 0.203. The second-order valence-corrected chi connectivity index (χ2v) is 7.83. The first kappa shape index (κ1) is 18.9. The molecule has 0 amide bonds. The van der Waals surface area contributed by atoms with Crippen LogP contribution < -0.4 is 4.72 Å². The number of rotatable bonds is 8. The Labute approximate surface area is 159 Å². The first-order valence-electron chi connectivity index (χ1n) is 8.65. The van der Waals surface area contributed by atoms with Gasteiger partial charge < -0.3 is 0 Å². The number of pyridine rings is 1. The number of Topliss-reactive ketones (excluding diaryl/α,β-unsaturated/α-hetero) is 1. The Hall–Kier alpha value is -2.83. The predicted molar refractivity (Wildman–Crippen MR) is 105 cm³/mol. The van der Waals surface area contributed by atoms with Gasteiger partial charge in [-0.05, 0) is 30.2 Å². The maximum atomic E-state index is 12.4. The zero-order valence-electron chi connectivity index (χ0n) is 14.7. The molecule has 0 fully saturated rings. The van der Waals surface area contributed by atoms with Crippen molar-refractivity contribution in [3.63, 3.8) is 0 Å². The second-order valence-electron chi connectivity index (χ2n) is 6.07. The topological polar surface area (TPSA) is 76.1 Å². The first-order chi connectivity index (χ1) is 13.1. The Morgan fingerprint density at radius 3 is 2.26 bits per heavy atom. The fourth-order valence-corrected chi connectivity index (χ4v) is 3.76. The number of ketones is 1. The molecular formula is C21H20N2O3S. The van der Waals surface area contributed by atoms with Gasteiger partial charge in [-0.15, -0.1) is 0 Å². The molecule has 0 saturated heterocycles. The lowest BCUT2D eigenvalue weighted by molar-refractivity contribution is 0.0980. The van der Waals surface area contributed by atoms with Crippen LogP contribution in [0.15, 0.2) is 84.0 Å². The van der Waals surface area contributed by atoms with Crippen LogP contribution in [0.5, 0.6) is 0 Å². The van der Waals surface area contributed by atoms with Crippen LogP contribution in [0.1, 0.15) is 23.2 Å². The molecule has 0 aliphatic rings. The van der Waals surface area contributed by atoms with Gasteiger partial charge in [0.25, 0.3) is 0 Å². The van der Waals surface area contributed by atoms with E-state index in [4.69, 9.17) is 0 Å². The van der Waals surface area contributed by atoms with Crippen molar-refractivity contribution in [2.24, 2.45) is 0 Å². The Bertz CT molecular complexity index is 1000. The molecule has 5 nitrogen and oxygen atoms in total. The van der Waals surface area contributed by atoms with E-state index in [-0.39, 0.29) is 23.6 Å². The standard InChI is InChI=1S/C21H20N2O3S/c24-21(12-7-13-23-27(25,26)20-10-5-2-6-11-20)19-14-18(15-22-16-19)17-8-3-1-4-9-17/h1-6,8-11,14-16,23H,7,12-13H2. The molecule has 0 atom stereocenters. The molecule has 0 aliphatic heterocycles. The highest BCUT2D eigenvalue weighted by Gasteiger charge is 2.13. The van der Waals surface area contributed by atoms with Gasteiger partial charge in [0.1, 0.15) is 0 Å². The van der Waals surface area contributed by atoms with Crippen LogP contribution in [0, 0.1) is 0 Å². The van der Waals surface area contributed by atoms with Crippen LogP contribution in [-0.4, -0.2) is 25.7 Å². The molecule has 1 N–H and O–H groups in total. The van der Waals surface area contributed by atoms with Crippen molar-refractivity contribution in [3.8, 4) is 11.1 Å². The fraction of sp³-hybridized carbons (Fsp3) is 0.143. The minimum Gasteiger partial charge on any atom is -0.294 e. The van der Waals surface area contributed by atoms with Gasteiger partial charge in [-0.1, -0.05) is 48.5 Å². The molecular weight excluding hydrogens is 360 g/mol. The molecule has 27 heavy (non-hydrogen) atoms. The summed E-state index contributed by atoms with van der Waals surface area (Å²) in [5, 5.41) is 0. The third-order valence-electron chi connectivity index (χ3n) is 4.09. The number of hydrogen-bond acceptors (Lipinski definition) is 4. The first-order valence-corrected chi connectivity index (χ1v) is 10.1. The van der Waals surface area contributed by atoms with Gasteiger partial charge in [0.05, 0.1) is 4.90 Å². The predicted octanol–water partition coefficient (Wildman–Crippen LogP) is 3.69. The number of sulfonamides is 1. The summed E-state index contributed by atoms with van der Waals surface area (Å²) < 4.78 is 26.8. The maximum absolute atomic E-state index is 12.4. The lowest BCUT2D eigenvalue weighted by atomic mass is 10.0. The fourth-order valence-electron chi connectivity index (χ4n) is 2.66. The summed E-state index contributed by atoms with van der Waals surface area (Å²) in [6.07, 6.45) is 3.93. The highest BCUT2D eigenvalue weighted by Crippen LogP contribution is 2.19. The second kappa shape index (κ2) is 8.70. The zero-order valence-corrected chi connectivity index (χ0v) is 15.5. The minimum atomic E-state index is -3.54. The van der Waals surface area contributed by atoms with Crippen molar-refractivity contribution >= 4 is 15.8 Å². The Kier molecular flexibility index (Phi) is 6.11. The lowest BCUT2D eigenvalue weighted by Crippen LogP contribution is -2.25. The Morgan fingerprint density at radius 2 is 1.56 bits per heavy atom. The summed E-state index contributed by atoms with van der Waals surface area (Å²) in [4.78, 5) is 16.8. The van der Waals surface area contributed by atoms with Crippen LogP contribution >= 0.6 is 0 Å². The lowest BCUT2D eigenvalue weighted by Gasteiger charge is -2.07. The van der Waals surface area contributed by atoms with E-state index in [1.54, 1.807) is 30.6 Å². The van der Waals surface area contributed by atoms with Gasteiger partial charge in [-0.3, -0.25) is 9.78 Å². The maximum Gasteiger partial charge on any atom is 0.240 e. The number of hydrogen-bond donors (Lipinski definition) is 1. The molecule has 3 aromatic rings. The number of carbonyl (C=O) groups is 1. The van der Waals surface area contributed by atoms with E-state index >= 15 is 0 Å². The van der Waals surface area contributed by atoms with E-state index in [0.29, 0.717) is 12.0 Å². The summed E-state index contributed by atoms with van der Waals surface area (Å²) in [5.74, 6) is -0.0563. The molecule has 0 aliphatic carbocycles. The van der Waals surface area contributed by atoms with E-state index in [2.05, 4.69) is 9.71 Å². The Balaban J connectivity index is 1.56. The van der Waals surface area contributed by atoms with Crippen molar-refractivity contribution < 1.29 is 13.2 Å². The number of benzene rings is 2. The van der Waals surface area contributed by atoms with Crippen molar-refractivity contribution in [3.05, 3.63) is 84.7 Å². The normalized spacial score (nSPS) is 11.3. The van der Waals surface area contributed by atoms with Crippen LogP contribution in [0.2, 0.25) is 0 Å². The monoisotopic (exact) mass is 380 g/mol.